The Morgan fingerprint density at radius 1 is 1.33 bits per heavy atom. The van der Waals surface area contributed by atoms with Gasteiger partial charge < -0.3 is 10.2 Å². The lowest BCUT2D eigenvalue weighted by molar-refractivity contribution is 0.818. The van der Waals surface area contributed by atoms with Crippen LogP contribution in [0, 0.1) is 0 Å². The van der Waals surface area contributed by atoms with Gasteiger partial charge in [0.1, 0.15) is 0 Å². The molecule has 0 aliphatic heterocycles. The molecule has 0 aromatic heterocycles. The van der Waals surface area contributed by atoms with E-state index in [-0.39, 0.29) is 0 Å². The van der Waals surface area contributed by atoms with Crippen LogP contribution in [0.25, 0.3) is 0 Å². The Labute approximate surface area is 91.9 Å². The molecule has 2 nitrogen and oxygen atoms in total. The maximum Gasteiger partial charge on any atom is 0.0449 e. The van der Waals surface area contributed by atoms with Crippen LogP contribution in [0.5, 0.6) is 0 Å². The van der Waals surface area contributed by atoms with Crippen molar-refractivity contribution >= 4 is 5.69 Å². The number of anilines is 1. The van der Waals surface area contributed by atoms with Crippen LogP contribution in [0.1, 0.15) is 12.5 Å². The van der Waals surface area contributed by atoms with Crippen LogP contribution >= 0.6 is 0 Å². The monoisotopic (exact) mass is 202 g/mol. The van der Waals surface area contributed by atoms with Gasteiger partial charge in [-0.15, -0.1) is 0 Å². The molecule has 1 rings (SSSR count). The Morgan fingerprint density at radius 3 is 2.47 bits per heavy atom. The number of rotatable bonds is 5. The third-order valence-corrected chi connectivity index (χ3v) is 2.12. The molecule has 80 valence electrons. The van der Waals surface area contributed by atoms with Crippen molar-refractivity contribution < 1.29 is 0 Å². The quantitative estimate of drug-likeness (QED) is 0.789. The third-order valence-electron chi connectivity index (χ3n) is 2.12. The highest BCUT2D eigenvalue weighted by molar-refractivity contribution is 5.52. The molecule has 0 unspecified atom stereocenters. The Bertz CT molecular complexity index is 325. The van der Waals surface area contributed by atoms with Gasteiger partial charge in [-0.3, -0.25) is 0 Å². The van der Waals surface area contributed by atoms with Crippen LogP contribution in [-0.2, 0) is 6.54 Å². The fourth-order valence-electron chi connectivity index (χ4n) is 1.40. The van der Waals surface area contributed by atoms with Crippen LogP contribution < -0.4 is 10.2 Å². The predicted octanol–water partition coefficient (Wildman–Crippen LogP) is 2.89. The average Bonchev–Trinajstić information content (AvgIpc) is 2.28. The second-order valence-electron chi connectivity index (χ2n) is 3.27. The van der Waals surface area contributed by atoms with E-state index in [4.69, 9.17) is 0 Å². The summed E-state index contributed by atoms with van der Waals surface area (Å²) in [7, 11) is 1.95. The van der Waals surface area contributed by atoms with Gasteiger partial charge in [-0.05, 0) is 31.7 Å². The van der Waals surface area contributed by atoms with E-state index in [1.165, 1.54) is 5.56 Å². The lowest BCUT2D eigenvalue weighted by atomic mass is 10.2. The van der Waals surface area contributed by atoms with Gasteiger partial charge in [0.25, 0.3) is 0 Å². The maximum absolute atomic E-state index is 3.78. The highest BCUT2D eigenvalue weighted by atomic mass is 15.1. The van der Waals surface area contributed by atoms with E-state index in [1.54, 1.807) is 6.20 Å². The molecular weight excluding hydrogens is 184 g/mol. The highest BCUT2D eigenvalue weighted by Crippen LogP contribution is 2.15. The van der Waals surface area contributed by atoms with Crippen LogP contribution in [-0.4, -0.2) is 7.05 Å². The first kappa shape index (κ1) is 11.5. The van der Waals surface area contributed by atoms with Crippen LogP contribution in [0.15, 0.2) is 49.3 Å². The Balaban J connectivity index is 2.81. The Hall–Kier alpha value is -1.54. The van der Waals surface area contributed by atoms with Gasteiger partial charge in [0.15, 0.2) is 0 Å². The second-order valence-corrected chi connectivity index (χ2v) is 3.27. The molecule has 0 atom stereocenters. The number of nitrogens with one attached hydrogen (secondary N) is 1. The first-order valence-electron chi connectivity index (χ1n) is 5.09. The highest BCUT2D eigenvalue weighted by Gasteiger charge is 1.97. The summed E-state index contributed by atoms with van der Waals surface area (Å²) >= 11 is 0. The molecule has 0 aliphatic carbocycles. The van der Waals surface area contributed by atoms with Crippen molar-refractivity contribution in [2.75, 3.05) is 11.9 Å². The SMILES string of the molecule is C=CN(/C=C\C)c1ccc(CNC)cc1. The van der Waals surface area contributed by atoms with Crippen molar-refractivity contribution in [1.29, 1.82) is 0 Å². The minimum Gasteiger partial charge on any atom is -0.325 e. The molecule has 0 saturated heterocycles. The Kier molecular flexibility index (Phi) is 4.64. The summed E-state index contributed by atoms with van der Waals surface area (Å²) in [5.41, 5.74) is 2.41. The van der Waals surface area contributed by atoms with Crippen molar-refractivity contribution in [3.63, 3.8) is 0 Å². The molecule has 0 spiro atoms. The van der Waals surface area contributed by atoms with Crippen LogP contribution in [0.3, 0.4) is 0 Å². The van der Waals surface area contributed by atoms with Gasteiger partial charge in [0, 0.05) is 24.6 Å². The van der Waals surface area contributed by atoms with E-state index in [0.29, 0.717) is 0 Å². The molecule has 1 aromatic carbocycles. The van der Waals surface area contributed by atoms with E-state index >= 15 is 0 Å². The summed E-state index contributed by atoms with van der Waals surface area (Å²) in [6.07, 6.45) is 5.77. The van der Waals surface area contributed by atoms with E-state index in [9.17, 15) is 0 Å². The van der Waals surface area contributed by atoms with Crippen molar-refractivity contribution in [3.05, 3.63) is 54.9 Å². The number of allylic oxidation sites excluding steroid dienone is 1. The van der Waals surface area contributed by atoms with Crippen LogP contribution in [0.4, 0.5) is 5.69 Å². The summed E-state index contributed by atoms with van der Waals surface area (Å²) in [6, 6.07) is 8.42. The smallest absolute Gasteiger partial charge is 0.0449 e. The molecular formula is C13H18N2. The topological polar surface area (TPSA) is 15.3 Å². The predicted molar refractivity (Wildman–Crippen MR) is 66.7 cm³/mol. The number of benzene rings is 1. The zero-order valence-corrected chi connectivity index (χ0v) is 9.40. The van der Waals surface area contributed by atoms with E-state index < -0.39 is 0 Å². The molecule has 0 saturated carbocycles. The fourth-order valence-corrected chi connectivity index (χ4v) is 1.40. The second kappa shape index (κ2) is 6.04. The lowest BCUT2D eigenvalue weighted by Gasteiger charge is -2.15. The molecule has 15 heavy (non-hydrogen) atoms. The summed E-state index contributed by atoms with van der Waals surface area (Å²) < 4.78 is 0. The standard InChI is InChI=1S/C13H18N2/c1-4-10-15(5-2)13-8-6-12(7-9-13)11-14-3/h4-10,14H,2,11H2,1,3H3/b10-4-. The zero-order chi connectivity index (χ0) is 11.1. The molecule has 0 bridgehead atoms. The first-order valence-corrected chi connectivity index (χ1v) is 5.09. The maximum atomic E-state index is 3.78. The zero-order valence-electron chi connectivity index (χ0n) is 9.40. The summed E-state index contributed by atoms with van der Waals surface area (Å²) in [6.45, 7) is 6.67. The van der Waals surface area contributed by atoms with Crippen molar-refractivity contribution in [2.24, 2.45) is 0 Å². The van der Waals surface area contributed by atoms with Crippen molar-refractivity contribution in [3.8, 4) is 0 Å². The van der Waals surface area contributed by atoms with E-state index in [0.717, 1.165) is 12.2 Å². The van der Waals surface area contributed by atoms with E-state index in [2.05, 4.69) is 36.2 Å². The third kappa shape index (κ3) is 3.26. The minimum atomic E-state index is 0.901. The van der Waals surface area contributed by atoms with Gasteiger partial charge >= 0.3 is 0 Å². The fraction of sp³-hybridized carbons (Fsp3) is 0.231. The molecule has 0 radical (unpaired) electrons. The molecule has 0 heterocycles. The molecule has 0 aliphatic rings. The lowest BCUT2D eigenvalue weighted by Crippen LogP contribution is -2.07. The van der Waals surface area contributed by atoms with Gasteiger partial charge in [-0.1, -0.05) is 24.8 Å². The number of nitrogens with zero attached hydrogens (tertiary/aromatic N) is 1. The number of hydrogen-bond donors (Lipinski definition) is 1. The molecule has 1 N–H and O–H groups in total. The van der Waals surface area contributed by atoms with Crippen molar-refractivity contribution in [1.82, 2.24) is 5.32 Å². The van der Waals surface area contributed by atoms with Gasteiger partial charge in [-0.2, -0.15) is 0 Å². The summed E-state index contributed by atoms with van der Waals surface area (Å²) in [5.74, 6) is 0. The molecule has 1 aromatic rings. The molecule has 0 fully saturated rings. The van der Waals surface area contributed by atoms with Gasteiger partial charge in [-0.25, -0.2) is 0 Å². The van der Waals surface area contributed by atoms with Crippen LogP contribution in [0.2, 0.25) is 0 Å². The minimum absolute atomic E-state index is 0.901. The summed E-state index contributed by atoms with van der Waals surface area (Å²) in [5, 5.41) is 3.12. The molecule has 2 heteroatoms. The average molecular weight is 202 g/mol. The number of hydrogen-bond acceptors (Lipinski definition) is 2. The Morgan fingerprint density at radius 2 is 2.00 bits per heavy atom. The first-order chi connectivity index (χ1) is 7.31. The normalized spacial score (nSPS) is 10.5. The van der Waals surface area contributed by atoms with Gasteiger partial charge in [0.2, 0.25) is 0 Å². The van der Waals surface area contributed by atoms with Crippen molar-refractivity contribution in [2.45, 2.75) is 13.5 Å². The molecule has 0 amide bonds. The summed E-state index contributed by atoms with van der Waals surface area (Å²) in [4.78, 5) is 1.99. The van der Waals surface area contributed by atoms with E-state index in [1.807, 2.05) is 31.1 Å². The largest absolute Gasteiger partial charge is 0.325 e. The van der Waals surface area contributed by atoms with Gasteiger partial charge in [0.05, 0.1) is 0 Å².